The van der Waals surface area contributed by atoms with Gasteiger partial charge >= 0.3 is 6.03 Å². The van der Waals surface area contributed by atoms with E-state index in [-0.39, 0.29) is 24.4 Å². The first-order chi connectivity index (χ1) is 10.4. The van der Waals surface area contributed by atoms with Crippen molar-refractivity contribution in [2.24, 2.45) is 0 Å². The van der Waals surface area contributed by atoms with E-state index >= 15 is 0 Å². The lowest BCUT2D eigenvalue weighted by molar-refractivity contribution is -0.134. The summed E-state index contributed by atoms with van der Waals surface area (Å²) >= 11 is 0. The Labute approximate surface area is 127 Å². The van der Waals surface area contributed by atoms with E-state index in [1.165, 1.54) is 0 Å². The minimum atomic E-state index is -0.950. The van der Waals surface area contributed by atoms with Crippen LogP contribution in [0.1, 0.15) is 26.1 Å². The Bertz CT molecular complexity index is 636. The smallest absolute Gasteiger partial charge is 0.325 e. The third-order valence-corrected chi connectivity index (χ3v) is 4.05. The monoisotopic (exact) mass is 305 g/mol. The maximum atomic E-state index is 12.1. The first-order valence-corrected chi connectivity index (χ1v) is 7.30. The minimum Gasteiger partial charge on any atom is -0.350 e. The number of aromatic nitrogens is 2. The number of imidazole rings is 1. The second-order valence-electron chi connectivity index (χ2n) is 6.25. The molecule has 1 aromatic rings. The summed E-state index contributed by atoms with van der Waals surface area (Å²) in [5, 5.41) is 5.44. The molecule has 1 aromatic heterocycles. The molecule has 22 heavy (non-hydrogen) atoms. The Morgan fingerprint density at radius 1 is 1.50 bits per heavy atom. The maximum absolute atomic E-state index is 12.1. The number of fused-ring (bicyclic) bond motifs is 1. The number of amides is 4. The highest BCUT2D eigenvalue weighted by Gasteiger charge is 2.44. The van der Waals surface area contributed by atoms with Crippen LogP contribution < -0.4 is 10.6 Å². The second kappa shape index (κ2) is 5.11. The average molecular weight is 305 g/mol. The summed E-state index contributed by atoms with van der Waals surface area (Å²) in [6, 6.07) is -0.534. The van der Waals surface area contributed by atoms with Gasteiger partial charge in [0.1, 0.15) is 17.9 Å². The van der Waals surface area contributed by atoms with Crippen molar-refractivity contribution in [3.8, 4) is 0 Å². The lowest BCUT2D eigenvalue weighted by Crippen LogP contribution is -2.47. The fourth-order valence-corrected chi connectivity index (χ4v) is 2.86. The van der Waals surface area contributed by atoms with Crippen LogP contribution in [0.2, 0.25) is 0 Å². The van der Waals surface area contributed by atoms with Crippen molar-refractivity contribution < 1.29 is 14.4 Å². The van der Waals surface area contributed by atoms with Crippen LogP contribution in [0.4, 0.5) is 4.79 Å². The molecule has 2 N–H and O–H groups in total. The van der Waals surface area contributed by atoms with E-state index < -0.39 is 11.6 Å². The first kappa shape index (κ1) is 14.6. The molecule has 1 saturated heterocycles. The van der Waals surface area contributed by atoms with Crippen molar-refractivity contribution in [2.45, 2.75) is 44.8 Å². The highest BCUT2D eigenvalue weighted by molar-refractivity contribution is 6.08. The van der Waals surface area contributed by atoms with Gasteiger partial charge in [0.15, 0.2) is 0 Å². The van der Waals surface area contributed by atoms with Gasteiger partial charge in [-0.05, 0) is 20.3 Å². The molecule has 0 unspecified atom stereocenters. The van der Waals surface area contributed by atoms with Gasteiger partial charge in [-0.3, -0.25) is 14.5 Å². The summed E-state index contributed by atoms with van der Waals surface area (Å²) < 4.78 is 2.01. The third kappa shape index (κ3) is 2.56. The van der Waals surface area contributed by atoms with Crippen LogP contribution in [-0.2, 0) is 22.6 Å². The molecule has 3 rings (SSSR count). The average Bonchev–Trinajstić information content (AvgIpc) is 2.97. The number of nitrogens with zero attached hydrogens (tertiary/aromatic N) is 3. The SMILES string of the molecule is CC1(C)NC(=O)N(CC(=O)N[C@@H]2CCc3nccn3C2)C1=O. The number of hydrogen-bond acceptors (Lipinski definition) is 4. The summed E-state index contributed by atoms with van der Waals surface area (Å²) in [6.45, 7) is 3.65. The molecule has 3 heterocycles. The van der Waals surface area contributed by atoms with Crippen LogP contribution in [0.3, 0.4) is 0 Å². The number of urea groups is 1. The summed E-state index contributed by atoms with van der Waals surface area (Å²) in [4.78, 5) is 41.1. The van der Waals surface area contributed by atoms with Gasteiger partial charge in [-0.1, -0.05) is 0 Å². The molecule has 2 aliphatic heterocycles. The Hall–Kier alpha value is -2.38. The van der Waals surface area contributed by atoms with E-state index in [9.17, 15) is 14.4 Å². The van der Waals surface area contributed by atoms with Gasteiger partial charge in [0.05, 0.1) is 0 Å². The van der Waals surface area contributed by atoms with Gasteiger partial charge in [0.25, 0.3) is 5.91 Å². The number of aryl methyl sites for hydroxylation is 1. The molecule has 0 saturated carbocycles. The Balaban J connectivity index is 1.58. The van der Waals surface area contributed by atoms with Crippen molar-refractivity contribution in [3.05, 3.63) is 18.2 Å². The molecule has 0 aromatic carbocycles. The van der Waals surface area contributed by atoms with E-state index in [1.54, 1.807) is 20.0 Å². The predicted octanol–water partition coefficient (Wildman–Crippen LogP) is -0.355. The van der Waals surface area contributed by atoms with Crippen LogP contribution >= 0.6 is 0 Å². The zero-order valence-corrected chi connectivity index (χ0v) is 12.6. The highest BCUT2D eigenvalue weighted by atomic mass is 16.2. The lowest BCUT2D eigenvalue weighted by Gasteiger charge is -2.25. The quantitative estimate of drug-likeness (QED) is 0.746. The summed E-state index contributed by atoms with van der Waals surface area (Å²) in [5.74, 6) is 0.310. The van der Waals surface area contributed by atoms with E-state index in [1.807, 2.05) is 10.8 Å². The van der Waals surface area contributed by atoms with Crippen LogP contribution in [0.25, 0.3) is 0 Å². The van der Waals surface area contributed by atoms with Gasteiger partial charge in [0.2, 0.25) is 5.91 Å². The maximum Gasteiger partial charge on any atom is 0.325 e. The summed E-state index contributed by atoms with van der Waals surface area (Å²) in [6.07, 6.45) is 5.23. The van der Waals surface area contributed by atoms with Crippen molar-refractivity contribution in [1.82, 2.24) is 25.1 Å². The van der Waals surface area contributed by atoms with Gasteiger partial charge in [0, 0.05) is 31.4 Å². The van der Waals surface area contributed by atoms with Crippen molar-refractivity contribution in [3.63, 3.8) is 0 Å². The zero-order valence-electron chi connectivity index (χ0n) is 12.6. The molecule has 118 valence electrons. The number of hydrogen-bond donors (Lipinski definition) is 2. The second-order valence-corrected chi connectivity index (χ2v) is 6.25. The van der Waals surface area contributed by atoms with E-state index in [0.717, 1.165) is 23.6 Å². The molecule has 0 bridgehead atoms. The fraction of sp³-hybridized carbons (Fsp3) is 0.571. The van der Waals surface area contributed by atoms with Crippen molar-refractivity contribution in [1.29, 1.82) is 0 Å². The standard InChI is InChI=1S/C14H19N5O3/c1-14(2)12(21)19(13(22)17-14)8-11(20)16-9-3-4-10-15-5-6-18(10)7-9/h5-6,9H,3-4,7-8H2,1-2H3,(H,16,20)(H,17,22)/t9-/m1/s1. The Kier molecular flexibility index (Phi) is 3.38. The number of rotatable bonds is 3. The van der Waals surface area contributed by atoms with Crippen LogP contribution in [0.15, 0.2) is 12.4 Å². The fourth-order valence-electron chi connectivity index (χ4n) is 2.86. The molecule has 0 spiro atoms. The van der Waals surface area contributed by atoms with Crippen LogP contribution in [-0.4, -0.2) is 50.4 Å². The largest absolute Gasteiger partial charge is 0.350 e. The molecule has 1 fully saturated rings. The Morgan fingerprint density at radius 2 is 2.27 bits per heavy atom. The molecular formula is C14H19N5O3. The lowest BCUT2D eigenvalue weighted by atomic mass is 10.1. The first-order valence-electron chi connectivity index (χ1n) is 7.30. The molecular weight excluding hydrogens is 286 g/mol. The predicted molar refractivity (Wildman–Crippen MR) is 76.8 cm³/mol. The Morgan fingerprint density at radius 3 is 2.95 bits per heavy atom. The molecule has 8 nitrogen and oxygen atoms in total. The van der Waals surface area contributed by atoms with Gasteiger partial charge < -0.3 is 15.2 Å². The normalized spacial score (nSPS) is 23.2. The molecule has 2 aliphatic rings. The molecule has 0 radical (unpaired) electrons. The minimum absolute atomic E-state index is 0.0111. The third-order valence-electron chi connectivity index (χ3n) is 4.05. The van der Waals surface area contributed by atoms with E-state index in [2.05, 4.69) is 15.6 Å². The molecule has 0 aliphatic carbocycles. The van der Waals surface area contributed by atoms with Gasteiger partial charge in [-0.15, -0.1) is 0 Å². The van der Waals surface area contributed by atoms with Gasteiger partial charge in [-0.2, -0.15) is 0 Å². The molecule has 4 amide bonds. The van der Waals surface area contributed by atoms with E-state index in [4.69, 9.17) is 0 Å². The molecule has 8 heteroatoms. The van der Waals surface area contributed by atoms with E-state index in [0.29, 0.717) is 6.54 Å². The van der Waals surface area contributed by atoms with Crippen LogP contribution in [0, 0.1) is 0 Å². The molecule has 1 atom stereocenters. The number of carbonyl (C=O) groups excluding carboxylic acids is 3. The summed E-state index contributed by atoms with van der Waals surface area (Å²) in [7, 11) is 0. The number of carbonyl (C=O) groups is 3. The summed E-state index contributed by atoms with van der Waals surface area (Å²) in [5.41, 5.74) is -0.950. The van der Waals surface area contributed by atoms with Crippen molar-refractivity contribution in [2.75, 3.05) is 6.54 Å². The highest BCUT2D eigenvalue weighted by Crippen LogP contribution is 2.16. The zero-order chi connectivity index (χ0) is 15.9. The van der Waals surface area contributed by atoms with Gasteiger partial charge in [-0.25, -0.2) is 9.78 Å². The van der Waals surface area contributed by atoms with Crippen LogP contribution in [0.5, 0.6) is 0 Å². The van der Waals surface area contributed by atoms with Crippen molar-refractivity contribution >= 4 is 17.8 Å². The number of imide groups is 1. The number of nitrogens with one attached hydrogen (secondary N) is 2. The topological polar surface area (TPSA) is 96.3 Å².